The highest BCUT2D eigenvalue weighted by Gasteiger charge is 2.07. The maximum atomic E-state index is 11.0. The van der Waals surface area contributed by atoms with Crippen LogP contribution in [0.15, 0.2) is 30.1 Å². The molecule has 70 valence electrons. The lowest BCUT2D eigenvalue weighted by molar-refractivity contribution is -0.135. The van der Waals surface area contributed by atoms with Gasteiger partial charge >= 0.3 is 5.97 Å². The third kappa shape index (κ3) is 2.42. The van der Waals surface area contributed by atoms with Gasteiger partial charge in [0.1, 0.15) is 11.6 Å². The molecule has 4 nitrogen and oxygen atoms in total. The first-order valence-electron chi connectivity index (χ1n) is 3.88. The van der Waals surface area contributed by atoms with Crippen LogP contribution in [0.1, 0.15) is 5.56 Å². The Bertz CT molecular complexity index is 390. The Labute approximate surface area is 81.5 Å². The minimum atomic E-state index is -0.635. The Balaban J connectivity index is 2.97. The van der Waals surface area contributed by atoms with Crippen molar-refractivity contribution in [2.24, 2.45) is 0 Å². The van der Waals surface area contributed by atoms with Crippen molar-refractivity contribution in [2.75, 3.05) is 7.11 Å². The normalized spacial score (nSPS) is 10.4. The molecule has 0 aromatic carbocycles. The van der Waals surface area contributed by atoms with Crippen LogP contribution in [0.5, 0.6) is 0 Å². The average molecular weight is 188 g/mol. The van der Waals surface area contributed by atoms with Crippen LogP contribution < -0.4 is 0 Å². The summed E-state index contributed by atoms with van der Waals surface area (Å²) in [6.45, 7) is 0. The quantitative estimate of drug-likeness (QED) is 0.397. The van der Waals surface area contributed by atoms with E-state index in [9.17, 15) is 4.79 Å². The van der Waals surface area contributed by atoms with Crippen LogP contribution in [0.3, 0.4) is 0 Å². The van der Waals surface area contributed by atoms with Crippen molar-refractivity contribution >= 4 is 12.0 Å². The summed E-state index contributed by atoms with van der Waals surface area (Å²) in [4.78, 5) is 14.8. The molecular weight excluding hydrogens is 180 g/mol. The van der Waals surface area contributed by atoms with Gasteiger partial charge in [0.15, 0.2) is 0 Å². The molecule has 4 heteroatoms. The van der Waals surface area contributed by atoms with E-state index in [1.54, 1.807) is 30.6 Å². The molecule has 0 fully saturated rings. The van der Waals surface area contributed by atoms with E-state index in [0.29, 0.717) is 0 Å². The van der Waals surface area contributed by atoms with Crippen molar-refractivity contribution in [3.63, 3.8) is 0 Å². The zero-order chi connectivity index (χ0) is 10.4. The van der Waals surface area contributed by atoms with E-state index >= 15 is 0 Å². The molecule has 0 bridgehead atoms. The SMILES string of the molecule is COC(=O)/C(C#N)=C\c1ccncc1. The van der Waals surface area contributed by atoms with Gasteiger partial charge in [-0.05, 0) is 23.8 Å². The van der Waals surface area contributed by atoms with Crippen LogP contribution in [0.25, 0.3) is 6.08 Å². The van der Waals surface area contributed by atoms with Gasteiger partial charge < -0.3 is 4.74 Å². The van der Waals surface area contributed by atoms with Gasteiger partial charge in [-0.2, -0.15) is 5.26 Å². The monoisotopic (exact) mass is 188 g/mol. The highest BCUT2D eigenvalue weighted by Crippen LogP contribution is 2.05. The molecule has 0 spiro atoms. The number of hydrogen-bond donors (Lipinski definition) is 0. The molecule has 0 atom stereocenters. The van der Waals surface area contributed by atoms with Crippen LogP contribution in [0, 0.1) is 11.3 Å². The summed E-state index contributed by atoms with van der Waals surface area (Å²) in [5.41, 5.74) is 0.709. The number of nitriles is 1. The molecule has 0 N–H and O–H groups in total. The number of methoxy groups -OCH3 is 1. The molecule has 0 unspecified atom stereocenters. The molecule has 1 aromatic heterocycles. The van der Waals surface area contributed by atoms with Crippen molar-refractivity contribution in [2.45, 2.75) is 0 Å². The standard InChI is InChI=1S/C10H8N2O2/c1-14-10(13)9(7-11)6-8-2-4-12-5-3-8/h2-6H,1H3/b9-6-. The lowest BCUT2D eigenvalue weighted by atomic mass is 10.2. The van der Waals surface area contributed by atoms with Gasteiger partial charge in [-0.15, -0.1) is 0 Å². The molecule has 0 saturated carbocycles. The summed E-state index contributed by atoms with van der Waals surface area (Å²) in [6, 6.07) is 5.16. The summed E-state index contributed by atoms with van der Waals surface area (Å²) in [6.07, 6.45) is 4.61. The average Bonchev–Trinajstić information content (AvgIpc) is 2.26. The van der Waals surface area contributed by atoms with Gasteiger partial charge in [-0.3, -0.25) is 4.98 Å². The molecule has 0 amide bonds. The Morgan fingerprint density at radius 2 is 2.21 bits per heavy atom. The number of rotatable bonds is 2. The maximum absolute atomic E-state index is 11.0. The third-order valence-electron chi connectivity index (χ3n) is 1.54. The van der Waals surface area contributed by atoms with Crippen molar-refractivity contribution < 1.29 is 9.53 Å². The first-order chi connectivity index (χ1) is 6.77. The van der Waals surface area contributed by atoms with Gasteiger partial charge in [0.25, 0.3) is 0 Å². The Hall–Kier alpha value is -2.15. The van der Waals surface area contributed by atoms with Gasteiger partial charge in [0.05, 0.1) is 7.11 Å². The predicted molar refractivity (Wildman–Crippen MR) is 49.8 cm³/mol. The Kier molecular flexibility index (Phi) is 3.39. The fraction of sp³-hybridized carbons (Fsp3) is 0.100. The molecule has 1 heterocycles. The predicted octanol–water partition coefficient (Wildman–Crippen LogP) is 1.16. The fourth-order valence-electron chi connectivity index (χ4n) is 0.873. The van der Waals surface area contributed by atoms with Gasteiger partial charge in [-0.1, -0.05) is 0 Å². The molecule has 0 saturated heterocycles. The van der Waals surface area contributed by atoms with Crippen molar-refractivity contribution in [3.8, 4) is 6.07 Å². The number of ether oxygens (including phenoxy) is 1. The first-order valence-corrected chi connectivity index (χ1v) is 3.88. The lowest BCUT2D eigenvalue weighted by Crippen LogP contribution is -2.02. The minimum Gasteiger partial charge on any atom is -0.465 e. The fourth-order valence-corrected chi connectivity index (χ4v) is 0.873. The molecule has 0 radical (unpaired) electrons. The Morgan fingerprint density at radius 1 is 1.57 bits per heavy atom. The molecule has 1 aromatic rings. The van der Waals surface area contributed by atoms with E-state index in [1.165, 1.54) is 13.2 Å². The van der Waals surface area contributed by atoms with E-state index < -0.39 is 5.97 Å². The highest BCUT2D eigenvalue weighted by molar-refractivity contribution is 5.97. The number of carbonyl (C=O) groups is 1. The van der Waals surface area contributed by atoms with Crippen molar-refractivity contribution in [1.29, 1.82) is 5.26 Å². The van der Waals surface area contributed by atoms with Crippen LogP contribution in [-0.4, -0.2) is 18.1 Å². The molecule has 0 aliphatic heterocycles. The highest BCUT2D eigenvalue weighted by atomic mass is 16.5. The second kappa shape index (κ2) is 4.77. The number of pyridine rings is 1. The number of aromatic nitrogens is 1. The van der Waals surface area contributed by atoms with Crippen LogP contribution in [-0.2, 0) is 9.53 Å². The van der Waals surface area contributed by atoms with Crippen LogP contribution in [0.2, 0.25) is 0 Å². The van der Waals surface area contributed by atoms with Crippen molar-refractivity contribution in [1.82, 2.24) is 4.98 Å². The Morgan fingerprint density at radius 3 is 2.71 bits per heavy atom. The zero-order valence-corrected chi connectivity index (χ0v) is 7.60. The second-order valence-electron chi connectivity index (χ2n) is 2.44. The topological polar surface area (TPSA) is 63.0 Å². The molecular formula is C10H8N2O2. The number of nitrogens with zero attached hydrogens (tertiary/aromatic N) is 2. The van der Waals surface area contributed by atoms with E-state index in [0.717, 1.165) is 5.56 Å². The second-order valence-corrected chi connectivity index (χ2v) is 2.44. The minimum absolute atomic E-state index is 0.0290. The van der Waals surface area contributed by atoms with Gasteiger partial charge in [-0.25, -0.2) is 4.79 Å². The van der Waals surface area contributed by atoms with Crippen LogP contribution in [0.4, 0.5) is 0 Å². The third-order valence-corrected chi connectivity index (χ3v) is 1.54. The van der Waals surface area contributed by atoms with Gasteiger partial charge in [0.2, 0.25) is 0 Å². The smallest absolute Gasteiger partial charge is 0.348 e. The largest absolute Gasteiger partial charge is 0.465 e. The summed E-state index contributed by atoms with van der Waals surface area (Å²) in [5, 5.41) is 8.65. The summed E-state index contributed by atoms with van der Waals surface area (Å²) >= 11 is 0. The van der Waals surface area contributed by atoms with Gasteiger partial charge in [0, 0.05) is 12.4 Å². The summed E-state index contributed by atoms with van der Waals surface area (Å²) < 4.78 is 4.43. The van der Waals surface area contributed by atoms with Crippen molar-refractivity contribution in [3.05, 3.63) is 35.7 Å². The summed E-state index contributed by atoms with van der Waals surface area (Å²) in [5.74, 6) is -0.635. The lowest BCUT2D eigenvalue weighted by Gasteiger charge is -1.95. The molecule has 14 heavy (non-hydrogen) atoms. The number of hydrogen-bond acceptors (Lipinski definition) is 4. The molecule has 0 aliphatic rings. The number of carbonyl (C=O) groups excluding carboxylic acids is 1. The number of esters is 1. The van der Waals surface area contributed by atoms with E-state index in [-0.39, 0.29) is 5.57 Å². The van der Waals surface area contributed by atoms with E-state index in [2.05, 4.69) is 9.72 Å². The molecule has 1 rings (SSSR count). The molecule has 0 aliphatic carbocycles. The van der Waals surface area contributed by atoms with E-state index in [1.807, 2.05) is 0 Å². The maximum Gasteiger partial charge on any atom is 0.348 e. The first kappa shape index (κ1) is 9.93. The summed E-state index contributed by atoms with van der Waals surface area (Å²) in [7, 11) is 1.24. The zero-order valence-electron chi connectivity index (χ0n) is 7.60. The van der Waals surface area contributed by atoms with E-state index in [4.69, 9.17) is 5.26 Å². The van der Waals surface area contributed by atoms with Crippen LogP contribution >= 0.6 is 0 Å².